The van der Waals surface area contributed by atoms with Gasteiger partial charge >= 0.3 is 5.97 Å². The van der Waals surface area contributed by atoms with Crippen molar-refractivity contribution in [2.24, 2.45) is 0 Å². The molecule has 2 aromatic rings. The normalized spacial score (nSPS) is 10.5. The number of rotatable bonds is 4. The standard InChI is InChI=1S/C17H18ClNO4/c1-9-5-6-13(18)7-14(9)19-15(20)8-22-17(21)16-10(2)11(3)23-12(16)4/h5-7H,8H2,1-4H3,(H,19,20). The van der Waals surface area contributed by atoms with Gasteiger partial charge < -0.3 is 14.5 Å². The lowest BCUT2D eigenvalue weighted by Gasteiger charge is -2.09. The first-order chi connectivity index (χ1) is 10.8. The zero-order valence-electron chi connectivity index (χ0n) is 13.5. The maximum Gasteiger partial charge on any atom is 0.342 e. The Kier molecular flexibility index (Phi) is 5.11. The predicted octanol–water partition coefficient (Wildman–Crippen LogP) is 3.96. The minimum atomic E-state index is -0.574. The number of carbonyl (C=O) groups excluding carboxylic acids is 2. The third kappa shape index (κ3) is 3.93. The van der Waals surface area contributed by atoms with Crippen molar-refractivity contribution in [3.05, 3.63) is 51.4 Å². The number of benzene rings is 1. The zero-order chi connectivity index (χ0) is 17.1. The molecule has 0 aliphatic rings. The molecular formula is C17H18ClNO4. The van der Waals surface area contributed by atoms with Crippen molar-refractivity contribution in [3.63, 3.8) is 0 Å². The Hall–Kier alpha value is -2.27. The highest BCUT2D eigenvalue weighted by atomic mass is 35.5. The van der Waals surface area contributed by atoms with Crippen LogP contribution in [0, 0.1) is 27.7 Å². The monoisotopic (exact) mass is 335 g/mol. The number of hydrogen-bond acceptors (Lipinski definition) is 4. The largest absolute Gasteiger partial charge is 0.465 e. The molecule has 0 unspecified atom stereocenters. The van der Waals surface area contributed by atoms with Crippen molar-refractivity contribution >= 4 is 29.2 Å². The maximum atomic E-state index is 12.1. The van der Waals surface area contributed by atoms with Crippen LogP contribution in [0.1, 0.15) is 33.0 Å². The van der Waals surface area contributed by atoms with Crippen LogP contribution in [-0.2, 0) is 9.53 Å². The molecule has 0 saturated heterocycles. The third-order valence-electron chi connectivity index (χ3n) is 3.57. The average Bonchev–Trinajstić information content (AvgIpc) is 2.73. The van der Waals surface area contributed by atoms with E-state index in [1.54, 1.807) is 39.0 Å². The van der Waals surface area contributed by atoms with E-state index in [1.807, 2.05) is 6.92 Å². The number of aryl methyl sites for hydroxylation is 3. The molecule has 0 aliphatic heterocycles. The Balaban J connectivity index is 1.99. The third-order valence-corrected chi connectivity index (χ3v) is 3.81. The SMILES string of the molecule is Cc1ccc(Cl)cc1NC(=O)COC(=O)c1c(C)oc(C)c1C. The molecule has 1 heterocycles. The molecule has 0 bridgehead atoms. The molecule has 1 aromatic heterocycles. The van der Waals surface area contributed by atoms with Gasteiger partial charge in [-0.15, -0.1) is 0 Å². The van der Waals surface area contributed by atoms with Crippen molar-refractivity contribution in [1.29, 1.82) is 0 Å². The molecule has 122 valence electrons. The van der Waals surface area contributed by atoms with E-state index in [2.05, 4.69) is 5.32 Å². The molecular weight excluding hydrogens is 318 g/mol. The second kappa shape index (κ2) is 6.87. The number of nitrogens with one attached hydrogen (secondary N) is 1. The lowest BCUT2D eigenvalue weighted by molar-refractivity contribution is -0.119. The summed E-state index contributed by atoms with van der Waals surface area (Å²) in [5.74, 6) is 0.138. The maximum absolute atomic E-state index is 12.1. The highest BCUT2D eigenvalue weighted by molar-refractivity contribution is 6.31. The highest BCUT2D eigenvalue weighted by Gasteiger charge is 2.20. The van der Waals surface area contributed by atoms with Gasteiger partial charge in [0, 0.05) is 16.3 Å². The molecule has 23 heavy (non-hydrogen) atoms. The molecule has 0 spiro atoms. The van der Waals surface area contributed by atoms with Crippen LogP contribution < -0.4 is 5.32 Å². The fraction of sp³-hybridized carbons (Fsp3) is 0.294. The van der Waals surface area contributed by atoms with E-state index < -0.39 is 11.9 Å². The number of esters is 1. The number of anilines is 1. The summed E-state index contributed by atoms with van der Waals surface area (Å²) < 4.78 is 10.4. The summed E-state index contributed by atoms with van der Waals surface area (Å²) in [6, 6.07) is 5.18. The summed E-state index contributed by atoms with van der Waals surface area (Å²) in [6.07, 6.45) is 0. The highest BCUT2D eigenvalue weighted by Crippen LogP contribution is 2.22. The topological polar surface area (TPSA) is 68.5 Å². The van der Waals surface area contributed by atoms with Crippen molar-refractivity contribution in [1.82, 2.24) is 0 Å². The molecule has 2 rings (SSSR count). The van der Waals surface area contributed by atoms with Gasteiger partial charge in [-0.25, -0.2) is 4.79 Å². The molecule has 0 radical (unpaired) electrons. The second-order valence-electron chi connectivity index (χ2n) is 5.30. The summed E-state index contributed by atoms with van der Waals surface area (Å²) in [5, 5.41) is 3.18. The molecule has 6 heteroatoms. The molecule has 0 aliphatic carbocycles. The first-order valence-corrected chi connectivity index (χ1v) is 7.47. The second-order valence-corrected chi connectivity index (χ2v) is 5.73. The molecule has 0 atom stereocenters. The number of furan rings is 1. The Bertz CT molecular complexity index is 764. The van der Waals surface area contributed by atoms with E-state index in [-0.39, 0.29) is 6.61 Å². The molecule has 1 amide bonds. The average molecular weight is 336 g/mol. The quantitative estimate of drug-likeness (QED) is 0.858. The van der Waals surface area contributed by atoms with Crippen LogP contribution in [0.2, 0.25) is 5.02 Å². The summed E-state index contributed by atoms with van der Waals surface area (Å²) in [4.78, 5) is 24.0. The van der Waals surface area contributed by atoms with Crippen LogP contribution in [0.15, 0.2) is 22.6 Å². The molecule has 1 aromatic carbocycles. The lowest BCUT2D eigenvalue weighted by atomic mass is 10.1. The number of ether oxygens (including phenoxy) is 1. The fourth-order valence-electron chi connectivity index (χ4n) is 2.21. The number of carbonyl (C=O) groups is 2. The Labute approximate surface area is 139 Å². The van der Waals surface area contributed by atoms with Gasteiger partial charge in [0.2, 0.25) is 0 Å². The van der Waals surface area contributed by atoms with E-state index >= 15 is 0 Å². The van der Waals surface area contributed by atoms with Crippen molar-refractivity contribution in [3.8, 4) is 0 Å². The van der Waals surface area contributed by atoms with Gasteiger partial charge in [-0.1, -0.05) is 17.7 Å². The smallest absolute Gasteiger partial charge is 0.342 e. The van der Waals surface area contributed by atoms with E-state index in [0.717, 1.165) is 11.1 Å². The van der Waals surface area contributed by atoms with Crippen LogP contribution in [0.25, 0.3) is 0 Å². The van der Waals surface area contributed by atoms with Crippen molar-refractivity contribution in [2.45, 2.75) is 27.7 Å². The molecule has 5 nitrogen and oxygen atoms in total. The van der Waals surface area contributed by atoms with E-state index in [1.165, 1.54) is 0 Å². The van der Waals surface area contributed by atoms with Gasteiger partial charge in [0.1, 0.15) is 17.1 Å². The molecule has 0 saturated carbocycles. The summed E-state index contributed by atoms with van der Waals surface area (Å²) in [5.41, 5.74) is 2.55. The Morgan fingerprint density at radius 1 is 1.17 bits per heavy atom. The van der Waals surface area contributed by atoms with Gasteiger partial charge in [0.05, 0.1) is 0 Å². The Morgan fingerprint density at radius 2 is 1.87 bits per heavy atom. The van der Waals surface area contributed by atoms with Crippen LogP contribution in [-0.4, -0.2) is 18.5 Å². The van der Waals surface area contributed by atoms with Gasteiger partial charge in [0.15, 0.2) is 6.61 Å². The summed E-state index contributed by atoms with van der Waals surface area (Å²) in [6.45, 7) is 6.70. The minimum absolute atomic E-state index is 0.370. The van der Waals surface area contributed by atoms with Gasteiger partial charge in [-0.3, -0.25) is 4.79 Å². The van der Waals surface area contributed by atoms with Crippen LogP contribution in [0.5, 0.6) is 0 Å². The van der Waals surface area contributed by atoms with E-state index in [4.69, 9.17) is 20.8 Å². The summed E-state index contributed by atoms with van der Waals surface area (Å²) >= 11 is 5.90. The van der Waals surface area contributed by atoms with Crippen LogP contribution in [0.4, 0.5) is 5.69 Å². The van der Waals surface area contributed by atoms with Gasteiger partial charge in [0.25, 0.3) is 5.91 Å². The van der Waals surface area contributed by atoms with Crippen molar-refractivity contribution in [2.75, 3.05) is 11.9 Å². The predicted molar refractivity (Wildman–Crippen MR) is 88.0 cm³/mol. The first-order valence-electron chi connectivity index (χ1n) is 7.09. The van der Waals surface area contributed by atoms with Crippen molar-refractivity contribution < 1.29 is 18.7 Å². The fourth-order valence-corrected chi connectivity index (χ4v) is 2.38. The first kappa shape index (κ1) is 17.1. The molecule has 1 N–H and O–H groups in total. The van der Waals surface area contributed by atoms with E-state index in [0.29, 0.717) is 27.8 Å². The van der Waals surface area contributed by atoms with Gasteiger partial charge in [-0.2, -0.15) is 0 Å². The number of halogens is 1. The number of amides is 1. The minimum Gasteiger partial charge on any atom is -0.465 e. The zero-order valence-corrected chi connectivity index (χ0v) is 14.2. The Morgan fingerprint density at radius 3 is 2.48 bits per heavy atom. The molecule has 0 fully saturated rings. The summed E-state index contributed by atoms with van der Waals surface area (Å²) in [7, 11) is 0. The van der Waals surface area contributed by atoms with Crippen LogP contribution in [0.3, 0.4) is 0 Å². The van der Waals surface area contributed by atoms with Gasteiger partial charge in [-0.05, 0) is 45.4 Å². The lowest BCUT2D eigenvalue weighted by Crippen LogP contribution is -2.21. The van der Waals surface area contributed by atoms with Crippen LogP contribution >= 0.6 is 11.6 Å². The van der Waals surface area contributed by atoms with E-state index in [9.17, 15) is 9.59 Å². The number of hydrogen-bond donors (Lipinski definition) is 1.